The Morgan fingerprint density at radius 3 is 2.58 bits per heavy atom. The lowest BCUT2D eigenvalue weighted by molar-refractivity contribution is -0.160. The van der Waals surface area contributed by atoms with Crippen LogP contribution in [0.15, 0.2) is 0 Å². The molecule has 4 aliphatic rings. The number of nitrogens with two attached hydrogens (primary N) is 1. The molecule has 0 bridgehead atoms. The van der Waals surface area contributed by atoms with Gasteiger partial charge in [0.2, 0.25) is 5.91 Å². The summed E-state index contributed by atoms with van der Waals surface area (Å²) >= 11 is 0. The number of carboxylic acids is 1. The van der Waals surface area contributed by atoms with Gasteiger partial charge in [-0.3, -0.25) is 9.59 Å². The Morgan fingerprint density at radius 1 is 1.12 bits per heavy atom. The molecule has 7 atom stereocenters. The van der Waals surface area contributed by atoms with Gasteiger partial charge in [-0.2, -0.15) is 0 Å². The number of hydrogen-bond acceptors (Lipinski definition) is 3. The number of piperidine rings is 1. The number of carbonyl (C=O) groups excluding carboxylic acids is 1. The number of nitrogens with one attached hydrogen (secondary N) is 1. The van der Waals surface area contributed by atoms with Gasteiger partial charge in [0.15, 0.2) is 0 Å². The minimum Gasteiger partial charge on any atom is -0.481 e. The molecule has 3 saturated carbocycles. The van der Waals surface area contributed by atoms with Crippen molar-refractivity contribution in [1.29, 1.82) is 0 Å². The predicted molar refractivity (Wildman–Crippen MR) is 89.8 cm³/mol. The molecular weight excluding hydrogens is 304 g/mol. The van der Waals surface area contributed by atoms with Gasteiger partial charge in [-0.25, -0.2) is 0 Å². The molecule has 0 aromatic carbocycles. The zero-order chi connectivity index (χ0) is 17.3. The minimum atomic E-state index is -0.612. The molecule has 5 nitrogen and oxygen atoms in total. The van der Waals surface area contributed by atoms with Gasteiger partial charge in [0.1, 0.15) is 0 Å². The van der Waals surface area contributed by atoms with Gasteiger partial charge in [-0.15, -0.1) is 0 Å². The summed E-state index contributed by atoms with van der Waals surface area (Å²) in [5.41, 5.74) is 6.01. The Morgan fingerprint density at radius 2 is 1.88 bits per heavy atom. The summed E-state index contributed by atoms with van der Waals surface area (Å²) in [7, 11) is 0. The van der Waals surface area contributed by atoms with E-state index in [1.54, 1.807) is 0 Å². The van der Waals surface area contributed by atoms with Gasteiger partial charge in [-0.1, -0.05) is 13.8 Å². The van der Waals surface area contributed by atoms with Crippen molar-refractivity contribution in [2.75, 3.05) is 0 Å². The summed E-state index contributed by atoms with van der Waals surface area (Å²) < 4.78 is 0. The van der Waals surface area contributed by atoms with E-state index in [4.69, 9.17) is 5.73 Å². The van der Waals surface area contributed by atoms with E-state index in [-0.39, 0.29) is 22.7 Å². The number of carboxylic acid groups (broad SMARTS) is 1. The normalized spacial score (nSPS) is 53.5. The fourth-order valence-electron chi connectivity index (χ4n) is 7.20. The lowest BCUT2D eigenvalue weighted by Gasteiger charge is -2.63. The van der Waals surface area contributed by atoms with Crippen LogP contribution in [0, 0.1) is 34.5 Å². The van der Waals surface area contributed by atoms with Crippen LogP contribution in [0.25, 0.3) is 0 Å². The standard InChI is InChI=1S/C19H30N2O3/c1-17-8-6-13-11(12(17)3-4-14(17)16(23)24)5-10-19(20)18(13,2)9-7-15(22)21-19/h11-14H,3-10,20H2,1-2H3,(H,21,22)(H,23,24). The molecule has 5 heteroatoms. The van der Waals surface area contributed by atoms with Crippen molar-refractivity contribution in [2.45, 2.75) is 70.9 Å². The SMILES string of the molecule is CC12CCC3C(CCC4(N)NC(=O)CCC34C)C1CCC2C(=O)O. The third-order valence-corrected chi connectivity index (χ3v) is 8.68. The average molecular weight is 334 g/mol. The van der Waals surface area contributed by atoms with Gasteiger partial charge in [0.25, 0.3) is 0 Å². The van der Waals surface area contributed by atoms with Gasteiger partial charge in [0.05, 0.1) is 11.6 Å². The molecular formula is C19H30N2O3. The lowest BCUT2D eigenvalue weighted by atomic mass is 9.45. The first-order valence-corrected chi connectivity index (χ1v) is 9.54. The first kappa shape index (κ1) is 16.4. The summed E-state index contributed by atoms with van der Waals surface area (Å²) in [6.45, 7) is 4.49. The van der Waals surface area contributed by atoms with Crippen LogP contribution >= 0.6 is 0 Å². The van der Waals surface area contributed by atoms with E-state index in [2.05, 4.69) is 19.2 Å². The Labute approximate surface area is 143 Å². The van der Waals surface area contributed by atoms with Crippen molar-refractivity contribution in [1.82, 2.24) is 5.32 Å². The van der Waals surface area contributed by atoms with E-state index in [1.165, 1.54) is 0 Å². The largest absolute Gasteiger partial charge is 0.481 e. The first-order valence-electron chi connectivity index (χ1n) is 9.54. The zero-order valence-corrected chi connectivity index (χ0v) is 14.8. The molecule has 134 valence electrons. The molecule has 0 aromatic heterocycles. The number of rotatable bonds is 1. The van der Waals surface area contributed by atoms with Crippen LogP contribution in [0.4, 0.5) is 0 Å². The number of amides is 1. The molecule has 4 fully saturated rings. The minimum absolute atomic E-state index is 0.0596. The number of aliphatic carboxylic acids is 1. The van der Waals surface area contributed by atoms with E-state index in [1.807, 2.05) is 0 Å². The Bertz CT molecular complexity index is 593. The van der Waals surface area contributed by atoms with Crippen molar-refractivity contribution in [3.63, 3.8) is 0 Å². The first-order chi connectivity index (χ1) is 11.2. The highest BCUT2D eigenvalue weighted by Gasteiger charge is 2.64. The summed E-state index contributed by atoms with van der Waals surface area (Å²) in [6.07, 6.45) is 7.16. The van der Waals surface area contributed by atoms with Gasteiger partial charge in [-0.05, 0) is 68.1 Å². The highest BCUT2D eigenvalue weighted by Crippen LogP contribution is 2.66. The van der Waals surface area contributed by atoms with E-state index in [9.17, 15) is 14.7 Å². The molecule has 1 saturated heterocycles. The third kappa shape index (κ3) is 1.91. The summed E-state index contributed by atoms with van der Waals surface area (Å²) in [6, 6.07) is 0. The monoisotopic (exact) mass is 334 g/mol. The van der Waals surface area contributed by atoms with Crippen LogP contribution in [-0.4, -0.2) is 22.6 Å². The van der Waals surface area contributed by atoms with Crippen molar-refractivity contribution in [3.8, 4) is 0 Å². The van der Waals surface area contributed by atoms with Crippen LogP contribution in [0.1, 0.15) is 65.2 Å². The van der Waals surface area contributed by atoms with Crippen LogP contribution < -0.4 is 11.1 Å². The average Bonchev–Trinajstić information content (AvgIpc) is 2.86. The lowest BCUT2D eigenvalue weighted by Crippen LogP contribution is -2.73. The Kier molecular flexibility index (Phi) is 3.39. The second-order valence-electron chi connectivity index (χ2n) is 9.37. The topological polar surface area (TPSA) is 92.4 Å². The van der Waals surface area contributed by atoms with Crippen LogP contribution in [0.3, 0.4) is 0 Å². The number of fused-ring (bicyclic) bond motifs is 5. The van der Waals surface area contributed by atoms with Crippen molar-refractivity contribution in [2.24, 2.45) is 40.2 Å². The number of carbonyl (C=O) groups is 2. The van der Waals surface area contributed by atoms with Gasteiger partial charge in [0, 0.05) is 11.8 Å². The summed E-state index contributed by atoms with van der Waals surface area (Å²) in [4.78, 5) is 23.7. The smallest absolute Gasteiger partial charge is 0.307 e. The van der Waals surface area contributed by atoms with E-state index >= 15 is 0 Å². The molecule has 0 spiro atoms. The molecule has 24 heavy (non-hydrogen) atoms. The fourth-order valence-corrected chi connectivity index (χ4v) is 7.20. The Hall–Kier alpha value is -1.10. The maximum atomic E-state index is 11.9. The predicted octanol–water partition coefficient (Wildman–Crippen LogP) is 2.49. The molecule has 4 N–H and O–H groups in total. The van der Waals surface area contributed by atoms with Crippen LogP contribution in [0.2, 0.25) is 0 Å². The Balaban J connectivity index is 1.66. The maximum absolute atomic E-state index is 11.9. The third-order valence-electron chi connectivity index (χ3n) is 8.68. The fraction of sp³-hybridized carbons (Fsp3) is 0.895. The molecule has 1 aliphatic heterocycles. The molecule has 0 aromatic rings. The molecule has 4 rings (SSSR count). The molecule has 0 radical (unpaired) electrons. The van der Waals surface area contributed by atoms with E-state index < -0.39 is 11.6 Å². The van der Waals surface area contributed by atoms with Crippen molar-refractivity contribution < 1.29 is 14.7 Å². The van der Waals surface area contributed by atoms with Crippen molar-refractivity contribution >= 4 is 11.9 Å². The van der Waals surface area contributed by atoms with Crippen LogP contribution in [-0.2, 0) is 9.59 Å². The summed E-state index contributed by atoms with van der Waals surface area (Å²) in [5, 5.41) is 12.8. The second-order valence-corrected chi connectivity index (χ2v) is 9.37. The van der Waals surface area contributed by atoms with Gasteiger partial charge < -0.3 is 16.2 Å². The highest BCUT2D eigenvalue weighted by molar-refractivity contribution is 5.78. The molecule has 1 amide bonds. The van der Waals surface area contributed by atoms with E-state index in [0.717, 1.165) is 44.9 Å². The van der Waals surface area contributed by atoms with Crippen molar-refractivity contribution in [3.05, 3.63) is 0 Å². The van der Waals surface area contributed by atoms with Crippen LogP contribution in [0.5, 0.6) is 0 Å². The van der Waals surface area contributed by atoms with Gasteiger partial charge >= 0.3 is 5.97 Å². The zero-order valence-electron chi connectivity index (χ0n) is 14.8. The quantitative estimate of drug-likeness (QED) is 0.687. The molecule has 7 unspecified atom stereocenters. The summed E-state index contributed by atoms with van der Waals surface area (Å²) in [5.74, 6) is 0.843. The molecule has 1 heterocycles. The highest BCUT2D eigenvalue weighted by atomic mass is 16.4. The molecule has 3 aliphatic carbocycles. The van der Waals surface area contributed by atoms with E-state index in [0.29, 0.717) is 24.2 Å². The maximum Gasteiger partial charge on any atom is 0.307 e. The number of hydrogen-bond donors (Lipinski definition) is 3. The second kappa shape index (κ2) is 4.96.